The van der Waals surface area contributed by atoms with Crippen LogP contribution < -0.4 is 0 Å². The fourth-order valence-electron chi connectivity index (χ4n) is 0.788. The molecule has 0 atom stereocenters. The van der Waals surface area contributed by atoms with Gasteiger partial charge in [0, 0.05) is 19.4 Å². The summed E-state index contributed by atoms with van der Waals surface area (Å²) >= 11 is 0. The average Bonchev–Trinajstić information content (AvgIpc) is 2.04. The maximum absolute atomic E-state index is 10.9. The number of carbonyl (C=O) groups is 1. The molecule has 0 rings (SSSR count). The Balaban J connectivity index is 3.85. The third-order valence-electron chi connectivity index (χ3n) is 1.40. The molecule has 0 heterocycles. The van der Waals surface area contributed by atoms with Crippen LogP contribution in [0.1, 0.15) is 12.8 Å². The highest BCUT2D eigenvalue weighted by molar-refractivity contribution is 5.80. The van der Waals surface area contributed by atoms with Crippen LogP contribution in [0, 0.1) is 0 Å². The van der Waals surface area contributed by atoms with Gasteiger partial charge in [0.2, 0.25) is 0 Å². The van der Waals surface area contributed by atoms with Crippen molar-refractivity contribution in [3.05, 3.63) is 11.6 Å². The molecule has 0 aliphatic heterocycles. The quantitative estimate of drug-likeness (QED) is 0.462. The molecule has 3 N–H and O–H groups in total. The van der Waals surface area contributed by atoms with Gasteiger partial charge in [-0.3, -0.25) is 4.79 Å². The Morgan fingerprint density at radius 3 is 2.33 bits per heavy atom. The second kappa shape index (κ2) is 6.97. The Hall–Kier alpha value is -0.710. The molecule has 0 saturated heterocycles. The molecule has 0 spiro atoms. The number of hydrogen-bond donors (Lipinski definition) is 3. The second-order valence-corrected chi connectivity index (χ2v) is 2.39. The van der Waals surface area contributed by atoms with E-state index in [1.165, 1.54) is 6.08 Å². The van der Waals surface area contributed by atoms with Gasteiger partial charge in [0.15, 0.2) is 0 Å². The topological polar surface area (TPSA) is 77.8 Å². The third-order valence-corrected chi connectivity index (χ3v) is 1.40. The Morgan fingerprint density at radius 1 is 1.25 bits per heavy atom. The lowest BCUT2D eigenvalue weighted by molar-refractivity contribution is -0.119. The lowest BCUT2D eigenvalue weighted by Crippen LogP contribution is -2.05. The number of Topliss-reactive ketones (excluding diaryl/α,β-unsaturated/α-hetero) is 1. The molecule has 0 fully saturated rings. The monoisotopic (exact) mass is 174 g/mol. The number of aliphatic hydroxyl groups is 3. The Bertz CT molecular complexity index is 162. The summed E-state index contributed by atoms with van der Waals surface area (Å²) in [6, 6.07) is 0. The highest BCUT2D eigenvalue weighted by Gasteiger charge is 2.03. The molecule has 4 heteroatoms. The lowest BCUT2D eigenvalue weighted by Gasteiger charge is -2.01. The van der Waals surface area contributed by atoms with Gasteiger partial charge >= 0.3 is 0 Å². The van der Waals surface area contributed by atoms with Crippen molar-refractivity contribution < 1.29 is 20.1 Å². The molecule has 0 aromatic rings. The Morgan fingerprint density at radius 2 is 1.92 bits per heavy atom. The highest BCUT2D eigenvalue weighted by Crippen LogP contribution is 2.02. The van der Waals surface area contributed by atoms with Crippen molar-refractivity contribution in [2.75, 3.05) is 19.8 Å². The van der Waals surface area contributed by atoms with Crippen molar-refractivity contribution in [2.24, 2.45) is 0 Å². The predicted molar refractivity (Wildman–Crippen MR) is 43.6 cm³/mol. The maximum Gasteiger partial charge on any atom is 0.139 e. The van der Waals surface area contributed by atoms with Crippen molar-refractivity contribution in [2.45, 2.75) is 12.8 Å². The van der Waals surface area contributed by atoms with Crippen LogP contribution in [0.2, 0.25) is 0 Å². The van der Waals surface area contributed by atoms with Gasteiger partial charge in [0.05, 0.1) is 13.2 Å². The Labute approximate surface area is 71.1 Å². The van der Waals surface area contributed by atoms with E-state index in [1.807, 2.05) is 0 Å². The predicted octanol–water partition coefficient (Wildman–Crippen LogP) is -0.761. The molecule has 0 aliphatic carbocycles. The summed E-state index contributed by atoms with van der Waals surface area (Å²) in [5, 5.41) is 25.5. The molecule has 0 unspecified atom stereocenters. The molecular weight excluding hydrogens is 160 g/mol. The maximum atomic E-state index is 10.9. The van der Waals surface area contributed by atoms with E-state index in [-0.39, 0.29) is 38.4 Å². The molecule has 0 radical (unpaired) electrons. The van der Waals surface area contributed by atoms with Crippen molar-refractivity contribution in [3.8, 4) is 0 Å². The zero-order valence-electron chi connectivity index (χ0n) is 6.86. The molecule has 70 valence electrons. The van der Waals surface area contributed by atoms with Crippen LogP contribution in [0.25, 0.3) is 0 Å². The molecule has 0 bridgehead atoms. The van der Waals surface area contributed by atoms with Gasteiger partial charge in [0.25, 0.3) is 0 Å². The van der Waals surface area contributed by atoms with E-state index in [9.17, 15) is 4.79 Å². The molecule has 4 nitrogen and oxygen atoms in total. The molecule has 0 aliphatic rings. The molecular formula is C8H14O4. The lowest BCUT2D eigenvalue weighted by atomic mass is 10.1. The summed E-state index contributed by atoms with van der Waals surface area (Å²) in [4.78, 5) is 10.9. The van der Waals surface area contributed by atoms with E-state index in [0.717, 1.165) is 0 Å². The Kier molecular flexibility index (Phi) is 6.55. The minimum atomic E-state index is -0.224. The van der Waals surface area contributed by atoms with E-state index in [2.05, 4.69) is 0 Å². The SMILES string of the molecule is O=C(CCO)CC(=CCO)CO. The molecule has 0 aromatic heterocycles. The van der Waals surface area contributed by atoms with Gasteiger partial charge in [-0.25, -0.2) is 0 Å². The number of carbonyl (C=O) groups excluding carboxylic acids is 1. The normalized spacial score (nSPS) is 11.8. The largest absolute Gasteiger partial charge is 0.396 e. The van der Waals surface area contributed by atoms with Crippen LogP contribution in [0.4, 0.5) is 0 Å². The summed E-state index contributed by atoms with van der Waals surface area (Å²) in [5.74, 6) is -0.133. The first-order chi connectivity index (χ1) is 5.74. The van der Waals surface area contributed by atoms with Crippen LogP contribution in [0.3, 0.4) is 0 Å². The molecule has 12 heavy (non-hydrogen) atoms. The summed E-state index contributed by atoms with van der Waals surface area (Å²) in [7, 11) is 0. The average molecular weight is 174 g/mol. The minimum Gasteiger partial charge on any atom is -0.396 e. The first kappa shape index (κ1) is 11.3. The van der Waals surface area contributed by atoms with Crippen LogP contribution in [0.5, 0.6) is 0 Å². The van der Waals surface area contributed by atoms with Crippen molar-refractivity contribution in [1.82, 2.24) is 0 Å². The molecule has 0 saturated carbocycles. The van der Waals surface area contributed by atoms with Gasteiger partial charge in [-0.1, -0.05) is 6.08 Å². The van der Waals surface area contributed by atoms with Gasteiger partial charge in [-0.05, 0) is 5.57 Å². The van der Waals surface area contributed by atoms with E-state index in [1.54, 1.807) is 0 Å². The van der Waals surface area contributed by atoms with Gasteiger partial charge in [0.1, 0.15) is 5.78 Å². The minimum absolute atomic E-state index is 0.1000. The zero-order valence-corrected chi connectivity index (χ0v) is 6.86. The standard InChI is InChI=1S/C8H14O4/c9-3-1-7(6-11)5-8(12)2-4-10/h1,9-11H,2-6H2. The van der Waals surface area contributed by atoms with Crippen LogP contribution in [-0.4, -0.2) is 40.9 Å². The van der Waals surface area contributed by atoms with Gasteiger partial charge in [-0.2, -0.15) is 0 Å². The van der Waals surface area contributed by atoms with Gasteiger partial charge < -0.3 is 15.3 Å². The van der Waals surface area contributed by atoms with E-state index in [0.29, 0.717) is 5.57 Å². The number of rotatable bonds is 6. The summed E-state index contributed by atoms with van der Waals surface area (Å²) in [6.07, 6.45) is 1.61. The van der Waals surface area contributed by atoms with E-state index >= 15 is 0 Å². The molecule has 0 aromatic carbocycles. The number of ketones is 1. The molecule has 0 amide bonds. The van der Waals surface area contributed by atoms with Crippen LogP contribution in [0.15, 0.2) is 11.6 Å². The van der Waals surface area contributed by atoms with Crippen LogP contribution >= 0.6 is 0 Å². The summed E-state index contributed by atoms with van der Waals surface area (Å²) in [5.41, 5.74) is 0.496. The van der Waals surface area contributed by atoms with E-state index < -0.39 is 0 Å². The summed E-state index contributed by atoms with van der Waals surface area (Å²) in [6.45, 7) is -0.573. The van der Waals surface area contributed by atoms with Crippen molar-refractivity contribution >= 4 is 5.78 Å². The second-order valence-electron chi connectivity index (χ2n) is 2.39. The third kappa shape index (κ3) is 5.01. The first-order valence-electron chi connectivity index (χ1n) is 3.76. The van der Waals surface area contributed by atoms with E-state index in [4.69, 9.17) is 15.3 Å². The highest BCUT2D eigenvalue weighted by atomic mass is 16.3. The van der Waals surface area contributed by atoms with Crippen LogP contribution in [-0.2, 0) is 4.79 Å². The smallest absolute Gasteiger partial charge is 0.139 e. The van der Waals surface area contributed by atoms with Crippen molar-refractivity contribution in [1.29, 1.82) is 0 Å². The van der Waals surface area contributed by atoms with Gasteiger partial charge in [-0.15, -0.1) is 0 Å². The number of aliphatic hydroxyl groups excluding tert-OH is 3. The fraction of sp³-hybridized carbons (Fsp3) is 0.625. The summed E-state index contributed by atoms with van der Waals surface area (Å²) < 4.78 is 0. The fourth-order valence-corrected chi connectivity index (χ4v) is 0.788. The zero-order chi connectivity index (χ0) is 9.40. The number of hydrogen-bond acceptors (Lipinski definition) is 4. The first-order valence-corrected chi connectivity index (χ1v) is 3.76. The van der Waals surface area contributed by atoms with Crippen molar-refractivity contribution in [3.63, 3.8) is 0 Å².